The van der Waals surface area contributed by atoms with E-state index in [0.717, 1.165) is 0 Å². The van der Waals surface area contributed by atoms with Crippen LogP contribution in [0.3, 0.4) is 0 Å². The van der Waals surface area contributed by atoms with Crippen LogP contribution in [0.15, 0.2) is 18.2 Å². The minimum Gasteiger partial charge on any atom is -0.497 e. The first-order chi connectivity index (χ1) is 8.22. The zero-order valence-corrected chi connectivity index (χ0v) is 9.95. The summed E-state index contributed by atoms with van der Waals surface area (Å²) in [5, 5.41) is 2.84. The number of hydrogen-bond acceptors (Lipinski definition) is 4. The molecular weight excluding hydrogens is 218 g/mol. The molecule has 0 aliphatic rings. The van der Waals surface area contributed by atoms with E-state index in [9.17, 15) is 4.79 Å². The molecule has 90 valence electrons. The third-order valence-electron chi connectivity index (χ3n) is 2.22. The molecule has 0 saturated heterocycles. The summed E-state index contributed by atoms with van der Waals surface area (Å²) in [5.41, 5.74) is 0.483. The molecule has 0 bridgehead atoms. The fraction of sp³-hybridized carbons (Fsp3) is 0.308. The lowest BCUT2D eigenvalue weighted by molar-refractivity contribution is 0.0989. The summed E-state index contributed by atoms with van der Waals surface area (Å²) in [5.74, 6) is 3.46. The van der Waals surface area contributed by atoms with E-state index in [4.69, 9.17) is 15.9 Å². The van der Waals surface area contributed by atoms with Crippen LogP contribution in [0.5, 0.6) is 11.5 Å². The maximum Gasteiger partial charge on any atom is 0.180 e. The Morgan fingerprint density at radius 1 is 1.41 bits per heavy atom. The number of methoxy groups -OCH3 is 2. The number of carbonyl (C=O) groups is 1. The number of hydrogen-bond donors (Lipinski definition) is 1. The fourth-order valence-electron chi connectivity index (χ4n) is 1.38. The lowest BCUT2D eigenvalue weighted by Crippen LogP contribution is -2.23. The van der Waals surface area contributed by atoms with Crippen LogP contribution in [0.25, 0.3) is 0 Å². The molecule has 0 aromatic heterocycles. The molecule has 4 nitrogen and oxygen atoms in total. The molecule has 0 spiro atoms. The minimum atomic E-state index is -0.0870. The summed E-state index contributed by atoms with van der Waals surface area (Å²) in [7, 11) is 3.07. The molecule has 1 N–H and O–H groups in total. The van der Waals surface area contributed by atoms with Crippen molar-refractivity contribution in [1.82, 2.24) is 5.32 Å². The maximum atomic E-state index is 11.9. The molecule has 0 heterocycles. The molecule has 1 aromatic carbocycles. The Balaban J connectivity index is 2.86. The number of terminal acetylenes is 1. The molecule has 0 saturated carbocycles. The second-order valence-electron chi connectivity index (χ2n) is 3.30. The van der Waals surface area contributed by atoms with E-state index < -0.39 is 0 Å². The van der Waals surface area contributed by atoms with Gasteiger partial charge in [0.1, 0.15) is 11.5 Å². The average molecular weight is 233 g/mol. The lowest BCUT2D eigenvalue weighted by atomic mass is 10.1. The molecule has 0 aliphatic carbocycles. The molecule has 0 amide bonds. The van der Waals surface area contributed by atoms with Gasteiger partial charge in [-0.2, -0.15) is 0 Å². The van der Waals surface area contributed by atoms with Crippen LogP contribution < -0.4 is 14.8 Å². The van der Waals surface area contributed by atoms with Crippen LogP contribution in [0.2, 0.25) is 0 Å². The van der Waals surface area contributed by atoms with Crippen molar-refractivity contribution in [3.63, 3.8) is 0 Å². The molecule has 1 rings (SSSR count). The zero-order valence-electron chi connectivity index (χ0n) is 9.95. The predicted molar refractivity (Wildman–Crippen MR) is 65.6 cm³/mol. The molecule has 0 aliphatic heterocycles. The van der Waals surface area contributed by atoms with Crippen molar-refractivity contribution in [1.29, 1.82) is 0 Å². The lowest BCUT2D eigenvalue weighted by Gasteiger charge is -2.09. The molecule has 0 fully saturated rings. The topological polar surface area (TPSA) is 47.6 Å². The number of ketones is 1. The number of benzene rings is 1. The second kappa shape index (κ2) is 6.56. The highest BCUT2D eigenvalue weighted by molar-refractivity contribution is 6.00. The van der Waals surface area contributed by atoms with Gasteiger partial charge in [0, 0.05) is 0 Å². The zero-order chi connectivity index (χ0) is 12.7. The van der Waals surface area contributed by atoms with Gasteiger partial charge in [0.2, 0.25) is 0 Å². The van der Waals surface area contributed by atoms with Gasteiger partial charge in [-0.1, -0.05) is 5.92 Å². The van der Waals surface area contributed by atoms with Crippen LogP contribution in [-0.2, 0) is 0 Å². The highest BCUT2D eigenvalue weighted by Gasteiger charge is 2.12. The van der Waals surface area contributed by atoms with Crippen molar-refractivity contribution in [3.8, 4) is 23.8 Å². The molecule has 0 atom stereocenters. The van der Waals surface area contributed by atoms with Crippen molar-refractivity contribution in [2.45, 2.75) is 0 Å². The summed E-state index contributed by atoms with van der Waals surface area (Å²) in [6.45, 7) is 0.533. The first kappa shape index (κ1) is 13.1. The highest BCUT2D eigenvalue weighted by Crippen LogP contribution is 2.24. The summed E-state index contributed by atoms with van der Waals surface area (Å²) in [4.78, 5) is 11.9. The third-order valence-corrected chi connectivity index (χ3v) is 2.22. The predicted octanol–water partition coefficient (Wildman–Crippen LogP) is 1.11. The van der Waals surface area contributed by atoms with Gasteiger partial charge in [0.05, 0.1) is 32.9 Å². The van der Waals surface area contributed by atoms with Crippen LogP contribution in [0.4, 0.5) is 0 Å². The van der Waals surface area contributed by atoms with Crippen molar-refractivity contribution in [2.75, 3.05) is 27.3 Å². The van der Waals surface area contributed by atoms with Crippen LogP contribution in [0, 0.1) is 12.3 Å². The summed E-state index contributed by atoms with van der Waals surface area (Å²) >= 11 is 0. The number of carbonyl (C=O) groups excluding carboxylic acids is 1. The van der Waals surface area contributed by atoms with Gasteiger partial charge in [0.25, 0.3) is 0 Å². The maximum absolute atomic E-state index is 11.9. The van der Waals surface area contributed by atoms with E-state index in [1.807, 2.05) is 0 Å². The van der Waals surface area contributed by atoms with Gasteiger partial charge in [0.15, 0.2) is 5.78 Å². The van der Waals surface area contributed by atoms with E-state index in [2.05, 4.69) is 11.2 Å². The van der Waals surface area contributed by atoms with Crippen LogP contribution in [0.1, 0.15) is 10.4 Å². The quantitative estimate of drug-likeness (QED) is 0.454. The Kier molecular flexibility index (Phi) is 5.05. The van der Waals surface area contributed by atoms with E-state index >= 15 is 0 Å². The van der Waals surface area contributed by atoms with Gasteiger partial charge < -0.3 is 9.47 Å². The van der Waals surface area contributed by atoms with Gasteiger partial charge in [-0.15, -0.1) is 6.42 Å². The highest BCUT2D eigenvalue weighted by atomic mass is 16.5. The standard InChI is InChI=1S/C13H15NO3/c1-4-7-14-9-12(15)11-8-10(16-2)5-6-13(11)17-3/h1,5-6,8,14H,7,9H2,2-3H3. The van der Waals surface area contributed by atoms with Crippen LogP contribution in [-0.4, -0.2) is 33.1 Å². The monoisotopic (exact) mass is 233 g/mol. The third kappa shape index (κ3) is 3.51. The number of ether oxygens (including phenoxy) is 2. The number of nitrogens with one attached hydrogen (secondary N) is 1. The fourth-order valence-corrected chi connectivity index (χ4v) is 1.38. The Morgan fingerprint density at radius 3 is 2.76 bits per heavy atom. The molecule has 4 heteroatoms. The van der Waals surface area contributed by atoms with Crippen LogP contribution >= 0.6 is 0 Å². The largest absolute Gasteiger partial charge is 0.497 e. The Hall–Kier alpha value is -1.99. The number of rotatable bonds is 6. The first-order valence-corrected chi connectivity index (χ1v) is 5.12. The molecule has 1 aromatic rings. The van der Waals surface area contributed by atoms with Crippen molar-refractivity contribution >= 4 is 5.78 Å². The summed E-state index contributed by atoms with van der Waals surface area (Å²) in [6.07, 6.45) is 5.09. The summed E-state index contributed by atoms with van der Waals surface area (Å²) in [6, 6.07) is 5.09. The van der Waals surface area contributed by atoms with Crippen molar-refractivity contribution < 1.29 is 14.3 Å². The molecule has 0 radical (unpaired) electrons. The van der Waals surface area contributed by atoms with Gasteiger partial charge >= 0.3 is 0 Å². The van der Waals surface area contributed by atoms with E-state index in [-0.39, 0.29) is 12.3 Å². The smallest absolute Gasteiger partial charge is 0.180 e. The average Bonchev–Trinajstić information content (AvgIpc) is 2.38. The van der Waals surface area contributed by atoms with E-state index in [1.165, 1.54) is 7.11 Å². The molecule has 17 heavy (non-hydrogen) atoms. The minimum absolute atomic E-state index is 0.0870. The Labute approximate surface area is 101 Å². The van der Waals surface area contributed by atoms with E-state index in [0.29, 0.717) is 23.6 Å². The number of Topliss-reactive ketones (excluding diaryl/α,β-unsaturated/α-hetero) is 1. The van der Waals surface area contributed by atoms with Crippen molar-refractivity contribution in [3.05, 3.63) is 23.8 Å². The molecular formula is C13H15NO3. The normalized spacial score (nSPS) is 9.47. The molecule has 0 unspecified atom stereocenters. The van der Waals surface area contributed by atoms with E-state index in [1.54, 1.807) is 25.3 Å². The van der Waals surface area contributed by atoms with Gasteiger partial charge in [-0.05, 0) is 18.2 Å². The second-order valence-corrected chi connectivity index (χ2v) is 3.30. The first-order valence-electron chi connectivity index (χ1n) is 5.12. The summed E-state index contributed by atoms with van der Waals surface area (Å²) < 4.78 is 10.2. The Morgan fingerprint density at radius 2 is 2.18 bits per heavy atom. The van der Waals surface area contributed by atoms with Crippen molar-refractivity contribution in [2.24, 2.45) is 0 Å². The Bertz CT molecular complexity index is 435. The van der Waals surface area contributed by atoms with Gasteiger partial charge in [-0.3, -0.25) is 10.1 Å². The van der Waals surface area contributed by atoms with Gasteiger partial charge in [-0.25, -0.2) is 0 Å². The SMILES string of the molecule is C#CCNCC(=O)c1cc(OC)ccc1OC.